The van der Waals surface area contributed by atoms with Crippen molar-refractivity contribution in [3.63, 3.8) is 0 Å². The highest BCUT2D eigenvalue weighted by molar-refractivity contribution is 7.88. The van der Waals surface area contributed by atoms with E-state index in [0.29, 0.717) is 5.69 Å². The molecular weight excluding hydrogens is 178 g/mol. The van der Waals surface area contributed by atoms with Crippen LogP contribution in [-0.2, 0) is 22.8 Å². The second-order valence-corrected chi connectivity index (χ2v) is 4.34. The smallest absolute Gasteiger partial charge is 0.217 e. The summed E-state index contributed by atoms with van der Waals surface area (Å²) in [6.45, 7) is 0. The van der Waals surface area contributed by atoms with E-state index < -0.39 is 10.0 Å². The molecule has 0 aliphatic heterocycles. The summed E-state index contributed by atoms with van der Waals surface area (Å²) in [7, 11) is -0.0724. The molecule has 0 fully saturated rings. The summed E-state index contributed by atoms with van der Waals surface area (Å²) in [5, 5.41) is 3.86. The van der Waals surface area contributed by atoms with Gasteiger partial charge in [0.2, 0.25) is 10.0 Å². The van der Waals surface area contributed by atoms with Crippen LogP contribution in [0.4, 0.5) is 0 Å². The highest BCUT2D eigenvalue weighted by atomic mass is 32.2. The zero-order chi connectivity index (χ0) is 9.19. The first-order chi connectivity index (χ1) is 5.55. The van der Waals surface area contributed by atoms with Gasteiger partial charge < -0.3 is 0 Å². The standard InChI is InChI=1S/C6H11N3O2S/c1-7-12(10,11)5-6-3-4-8-9(6)2/h3-4,7H,5H2,1-2H3. The number of nitrogens with one attached hydrogen (secondary N) is 1. The molecule has 0 unspecified atom stereocenters. The number of hydrogen-bond donors (Lipinski definition) is 1. The van der Waals surface area contributed by atoms with Gasteiger partial charge in [0.1, 0.15) is 5.75 Å². The minimum atomic E-state index is -3.18. The van der Waals surface area contributed by atoms with Crippen molar-refractivity contribution in [3.8, 4) is 0 Å². The van der Waals surface area contributed by atoms with Crippen LogP contribution in [0.3, 0.4) is 0 Å². The molecule has 0 aromatic carbocycles. The molecule has 12 heavy (non-hydrogen) atoms. The summed E-state index contributed by atoms with van der Waals surface area (Å²) in [6.07, 6.45) is 1.57. The third-order valence-corrected chi connectivity index (χ3v) is 2.87. The molecule has 1 aromatic heterocycles. The van der Waals surface area contributed by atoms with Crippen LogP contribution in [-0.4, -0.2) is 25.2 Å². The van der Waals surface area contributed by atoms with E-state index in [1.807, 2.05) is 0 Å². The average Bonchev–Trinajstić information content (AvgIpc) is 2.36. The van der Waals surface area contributed by atoms with Gasteiger partial charge in [-0.15, -0.1) is 0 Å². The van der Waals surface area contributed by atoms with Crippen molar-refractivity contribution >= 4 is 10.0 Å². The van der Waals surface area contributed by atoms with Crippen LogP contribution in [0.15, 0.2) is 12.3 Å². The van der Waals surface area contributed by atoms with Crippen molar-refractivity contribution in [3.05, 3.63) is 18.0 Å². The van der Waals surface area contributed by atoms with Crippen molar-refractivity contribution < 1.29 is 8.42 Å². The Kier molecular flexibility index (Phi) is 2.49. The van der Waals surface area contributed by atoms with Gasteiger partial charge >= 0.3 is 0 Å². The molecule has 0 radical (unpaired) electrons. The zero-order valence-corrected chi connectivity index (χ0v) is 7.80. The van der Waals surface area contributed by atoms with Crippen molar-refractivity contribution in [2.45, 2.75) is 5.75 Å². The summed E-state index contributed by atoms with van der Waals surface area (Å²) < 4.78 is 25.9. The summed E-state index contributed by atoms with van der Waals surface area (Å²) in [5.41, 5.74) is 0.671. The maximum absolute atomic E-state index is 11.1. The lowest BCUT2D eigenvalue weighted by Crippen LogP contribution is -2.21. The summed E-state index contributed by atoms with van der Waals surface area (Å²) in [6, 6.07) is 1.68. The summed E-state index contributed by atoms with van der Waals surface area (Å²) in [5.74, 6) is -0.0278. The average molecular weight is 189 g/mol. The van der Waals surface area contributed by atoms with Crippen LogP contribution < -0.4 is 4.72 Å². The van der Waals surface area contributed by atoms with Gasteiger partial charge in [-0.2, -0.15) is 5.10 Å². The Labute approximate surface area is 71.4 Å². The Balaban J connectivity index is 2.84. The predicted molar refractivity (Wildman–Crippen MR) is 44.9 cm³/mol. The molecule has 1 heterocycles. The Bertz CT molecular complexity index is 355. The van der Waals surface area contributed by atoms with Crippen LogP contribution in [0, 0.1) is 0 Å². The number of rotatable bonds is 3. The fourth-order valence-corrected chi connectivity index (χ4v) is 1.63. The van der Waals surface area contributed by atoms with E-state index in [2.05, 4.69) is 9.82 Å². The molecule has 0 saturated heterocycles. The van der Waals surface area contributed by atoms with Crippen molar-refractivity contribution in [2.75, 3.05) is 7.05 Å². The first-order valence-corrected chi connectivity index (χ1v) is 5.08. The Morgan fingerprint density at radius 2 is 2.33 bits per heavy atom. The topological polar surface area (TPSA) is 64.0 Å². The van der Waals surface area contributed by atoms with E-state index in [-0.39, 0.29) is 5.75 Å². The van der Waals surface area contributed by atoms with Gasteiger partial charge in [-0.05, 0) is 13.1 Å². The second kappa shape index (κ2) is 3.24. The molecule has 0 bridgehead atoms. The molecule has 68 valence electrons. The van der Waals surface area contributed by atoms with E-state index in [1.54, 1.807) is 19.3 Å². The van der Waals surface area contributed by atoms with Gasteiger partial charge in [0, 0.05) is 13.2 Å². The van der Waals surface area contributed by atoms with Gasteiger partial charge in [-0.25, -0.2) is 13.1 Å². The van der Waals surface area contributed by atoms with E-state index in [0.717, 1.165) is 0 Å². The molecule has 6 heteroatoms. The second-order valence-electron chi connectivity index (χ2n) is 2.41. The van der Waals surface area contributed by atoms with Gasteiger partial charge in [-0.1, -0.05) is 0 Å². The van der Waals surface area contributed by atoms with Crippen LogP contribution in [0.25, 0.3) is 0 Å². The number of hydrogen-bond acceptors (Lipinski definition) is 3. The molecule has 0 spiro atoms. The van der Waals surface area contributed by atoms with Crippen LogP contribution in [0.2, 0.25) is 0 Å². The lowest BCUT2D eigenvalue weighted by molar-refractivity contribution is 0.584. The lowest BCUT2D eigenvalue weighted by Gasteiger charge is -2.01. The monoisotopic (exact) mass is 189 g/mol. The zero-order valence-electron chi connectivity index (χ0n) is 6.98. The predicted octanol–water partition coefficient (Wildman–Crippen LogP) is -0.531. The highest BCUT2D eigenvalue weighted by Gasteiger charge is 2.10. The molecule has 5 nitrogen and oxygen atoms in total. The van der Waals surface area contributed by atoms with Gasteiger partial charge in [0.15, 0.2) is 0 Å². The van der Waals surface area contributed by atoms with E-state index >= 15 is 0 Å². The highest BCUT2D eigenvalue weighted by Crippen LogP contribution is 2.01. The fraction of sp³-hybridized carbons (Fsp3) is 0.500. The molecule has 0 aliphatic carbocycles. The molecule has 0 atom stereocenters. The fourth-order valence-electron chi connectivity index (χ4n) is 0.810. The SMILES string of the molecule is CNS(=O)(=O)Cc1ccnn1C. The third kappa shape index (κ3) is 2.05. The number of nitrogens with zero attached hydrogens (tertiary/aromatic N) is 2. The minimum Gasteiger partial charge on any atom is -0.272 e. The maximum atomic E-state index is 11.1. The molecule has 0 amide bonds. The molecule has 0 aliphatic rings. The lowest BCUT2D eigenvalue weighted by atomic mass is 10.5. The van der Waals surface area contributed by atoms with Gasteiger partial charge in [0.25, 0.3) is 0 Å². The van der Waals surface area contributed by atoms with Crippen molar-refractivity contribution in [1.29, 1.82) is 0 Å². The first kappa shape index (κ1) is 9.21. The third-order valence-electron chi connectivity index (χ3n) is 1.57. The maximum Gasteiger partial charge on any atom is 0.217 e. The van der Waals surface area contributed by atoms with E-state index in [1.165, 1.54) is 11.7 Å². The van der Waals surface area contributed by atoms with Crippen LogP contribution in [0.5, 0.6) is 0 Å². The van der Waals surface area contributed by atoms with Crippen LogP contribution in [0.1, 0.15) is 5.69 Å². The van der Waals surface area contributed by atoms with E-state index in [9.17, 15) is 8.42 Å². The summed E-state index contributed by atoms with van der Waals surface area (Å²) >= 11 is 0. The molecule has 1 N–H and O–H groups in total. The quantitative estimate of drug-likeness (QED) is 0.695. The Hall–Kier alpha value is -0.880. The van der Waals surface area contributed by atoms with Crippen LogP contribution >= 0.6 is 0 Å². The Morgan fingerprint density at radius 3 is 2.75 bits per heavy atom. The normalized spacial score (nSPS) is 11.8. The number of sulfonamides is 1. The van der Waals surface area contributed by atoms with E-state index in [4.69, 9.17) is 0 Å². The summed E-state index contributed by atoms with van der Waals surface area (Å²) in [4.78, 5) is 0. The first-order valence-electron chi connectivity index (χ1n) is 3.43. The molecule has 1 rings (SSSR count). The molecular formula is C6H11N3O2S. The van der Waals surface area contributed by atoms with Gasteiger partial charge in [-0.3, -0.25) is 4.68 Å². The number of aromatic nitrogens is 2. The Morgan fingerprint density at radius 1 is 1.67 bits per heavy atom. The molecule has 1 aromatic rings. The number of aryl methyl sites for hydroxylation is 1. The molecule has 0 saturated carbocycles. The van der Waals surface area contributed by atoms with Crippen molar-refractivity contribution in [2.24, 2.45) is 7.05 Å². The van der Waals surface area contributed by atoms with Crippen molar-refractivity contribution in [1.82, 2.24) is 14.5 Å². The largest absolute Gasteiger partial charge is 0.272 e. The minimum absolute atomic E-state index is 0.0278. The van der Waals surface area contributed by atoms with Gasteiger partial charge in [0.05, 0.1) is 5.69 Å².